The predicted octanol–water partition coefficient (Wildman–Crippen LogP) is 2.63. The number of piperidine rings is 1. The fourth-order valence-electron chi connectivity index (χ4n) is 3.63. The second-order valence-electron chi connectivity index (χ2n) is 6.65. The molecule has 1 aromatic heterocycles. The molecule has 1 saturated heterocycles. The number of ether oxygens (including phenoxy) is 2. The maximum Gasteiger partial charge on any atom is 0.231 e. The lowest BCUT2D eigenvalue weighted by atomic mass is 10.0. The number of carbonyl (C=O) groups excluding carboxylic acids is 1. The van der Waals surface area contributed by atoms with Gasteiger partial charge in [-0.05, 0) is 49.4 Å². The van der Waals surface area contributed by atoms with Crippen molar-refractivity contribution in [3.05, 3.63) is 42.2 Å². The van der Waals surface area contributed by atoms with E-state index in [4.69, 9.17) is 9.47 Å². The summed E-state index contributed by atoms with van der Waals surface area (Å²) < 4.78 is 12.7. The van der Waals surface area contributed by atoms with E-state index in [-0.39, 0.29) is 18.7 Å². The molecular weight excluding hydrogens is 318 g/mol. The van der Waals surface area contributed by atoms with Crippen LogP contribution in [-0.4, -0.2) is 40.0 Å². The molecule has 4 rings (SSSR count). The number of fused-ring (bicyclic) bond motifs is 1. The number of nitrogens with zero attached hydrogens (tertiary/aromatic N) is 3. The van der Waals surface area contributed by atoms with Crippen molar-refractivity contribution >= 4 is 5.91 Å². The molecule has 132 valence electrons. The summed E-state index contributed by atoms with van der Waals surface area (Å²) in [6.45, 7) is 1.91. The van der Waals surface area contributed by atoms with E-state index in [1.54, 1.807) is 6.20 Å². The second kappa shape index (κ2) is 7.17. The number of likely N-dealkylation sites (tertiary alicyclic amines) is 1. The summed E-state index contributed by atoms with van der Waals surface area (Å²) in [6, 6.07) is 8.08. The van der Waals surface area contributed by atoms with E-state index < -0.39 is 0 Å². The molecular formula is C19H23N3O3. The Morgan fingerprint density at radius 3 is 3.04 bits per heavy atom. The van der Waals surface area contributed by atoms with Gasteiger partial charge in [-0.15, -0.1) is 0 Å². The molecule has 1 aromatic carbocycles. The van der Waals surface area contributed by atoms with Crippen molar-refractivity contribution in [3.8, 4) is 11.5 Å². The number of benzene rings is 1. The van der Waals surface area contributed by atoms with Crippen molar-refractivity contribution in [2.75, 3.05) is 13.3 Å². The number of hydrogen-bond acceptors (Lipinski definition) is 4. The molecule has 0 spiro atoms. The van der Waals surface area contributed by atoms with E-state index in [1.165, 1.54) is 6.42 Å². The third-order valence-electron chi connectivity index (χ3n) is 4.97. The van der Waals surface area contributed by atoms with Crippen LogP contribution in [0.5, 0.6) is 11.5 Å². The van der Waals surface area contributed by atoms with Gasteiger partial charge in [0.2, 0.25) is 12.7 Å². The SMILES string of the molecule is O=C(CCc1ccc2c(c1)OCO2)N1CCCC[C@@H]1Cn1cccn1. The van der Waals surface area contributed by atoms with Crippen molar-refractivity contribution in [1.82, 2.24) is 14.7 Å². The first-order valence-electron chi connectivity index (χ1n) is 8.95. The highest BCUT2D eigenvalue weighted by molar-refractivity contribution is 5.77. The van der Waals surface area contributed by atoms with Crippen LogP contribution in [0.4, 0.5) is 0 Å². The van der Waals surface area contributed by atoms with E-state index in [2.05, 4.69) is 10.00 Å². The standard InChI is InChI=1S/C19H23N3O3/c23-19(8-6-15-5-7-17-18(12-15)25-14-24-17)22-11-2-1-4-16(22)13-21-10-3-9-20-21/h3,5,7,9-10,12,16H,1-2,4,6,8,11,13-14H2/t16-/m1/s1. The summed E-state index contributed by atoms with van der Waals surface area (Å²) in [5, 5.41) is 4.28. The van der Waals surface area contributed by atoms with Crippen LogP contribution in [0.1, 0.15) is 31.2 Å². The molecule has 1 atom stereocenters. The second-order valence-corrected chi connectivity index (χ2v) is 6.65. The quantitative estimate of drug-likeness (QED) is 0.839. The largest absolute Gasteiger partial charge is 0.454 e. The number of aromatic nitrogens is 2. The summed E-state index contributed by atoms with van der Waals surface area (Å²) >= 11 is 0. The number of amides is 1. The average Bonchev–Trinajstić information content (AvgIpc) is 3.31. The number of carbonyl (C=O) groups is 1. The van der Waals surface area contributed by atoms with Gasteiger partial charge >= 0.3 is 0 Å². The van der Waals surface area contributed by atoms with Gasteiger partial charge in [0, 0.05) is 25.4 Å². The van der Waals surface area contributed by atoms with E-state index in [1.807, 2.05) is 35.1 Å². The summed E-state index contributed by atoms with van der Waals surface area (Å²) in [5.41, 5.74) is 1.11. The van der Waals surface area contributed by atoms with Crippen LogP contribution in [0, 0.1) is 0 Å². The van der Waals surface area contributed by atoms with Gasteiger partial charge in [-0.3, -0.25) is 9.48 Å². The maximum atomic E-state index is 12.8. The lowest BCUT2D eigenvalue weighted by Gasteiger charge is -2.36. The Morgan fingerprint density at radius 1 is 1.24 bits per heavy atom. The topological polar surface area (TPSA) is 56.6 Å². The lowest BCUT2D eigenvalue weighted by Crippen LogP contribution is -2.46. The van der Waals surface area contributed by atoms with Crippen LogP contribution in [0.2, 0.25) is 0 Å². The van der Waals surface area contributed by atoms with Crippen LogP contribution in [-0.2, 0) is 17.8 Å². The molecule has 0 N–H and O–H groups in total. The Hall–Kier alpha value is -2.50. The first-order valence-corrected chi connectivity index (χ1v) is 8.95. The molecule has 2 aromatic rings. The Morgan fingerprint density at radius 2 is 2.16 bits per heavy atom. The summed E-state index contributed by atoms with van der Waals surface area (Å²) in [6.07, 6.45) is 8.31. The van der Waals surface area contributed by atoms with Crippen LogP contribution in [0.3, 0.4) is 0 Å². The molecule has 0 saturated carbocycles. The molecule has 0 bridgehead atoms. The third kappa shape index (κ3) is 3.62. The minimum Gasteiger partial charge on any atom is -0.454 e. The van der Waals surface area contributed by atoms with Gasteiger partial charge in [-0.25, -0.2) is 0 Å². The van der Waals surface area contributed by atoms with Crippen LogP contribution >= 0.6 is 0 Å². The average molecular weight is 341 g/mol. The van der Waals surface area contributed by atoms with Crippen LogP contribution in [0.15, 0.2) is 36.7 Å². The number of rotatable bonds is 5. The third-order valence-corrected chi connectivity index (χ3v) is 4.97. The van der Waals surface area contributed by atoms with Crippen molar-refractivity contribution in [2.45, 2.75) is 44.7 Å². The zero-order valence-electron chi connectivity index (χ0n) is 14.3. The molecule has 2 aliphatic heterocycles. The number of hydrogen-bond donors (Lipinski definition) is 0. The van der Waals surface area contributed by atoms with Gasteiger partial charge in [-0.2, -0.15) is 5.10 Å². The Balaban J connectivity index is 1.37. The fourth-order valence-corrected chi connectivity index (χ4v) is 3.63. The van der Waals surface area contributed by atoms with Crippen LogP contribution in [0.25, 0.3) is 0 Å². The summed E-state index contributed by atoms with van der Waals surface area (Å²) in [5.74, 6) is 1.79. The van der Waals surface area contributed by atoms with Gasteiger partial charge in [0.1, 0.15) is 0 Å². The van der Waals surface area contributed by atoms with Crippen molar-refractivity contribution in [3.63, 3.8) is 0 Å². The van der Waals surface area contributed by atoms with Gasteiger partial charge in [0.05, 0.1) is 12.6 Å². The summed E-state index contributed by atoms with van der Waals surface area (Å²) in [4.78, 5) is 14.8. The lowest BCUT2D eigenvalue weighted by molar-refractivity contribution is -0.135. The number of aryl methyl sites for hydroxylation is 1. The first kappa shape index (κ1) is 16.0. The molecule has 0 aliphatic carbocycles. The Bertz CT molecular complexity index is 730. The molecule has 25 heavy (non-hydrogen) atoms. The molecule has 1 fully saturated rings. The van der Waals surface area contributed by atoms with Gasteiger partial charge < -0.3 is 14.4 Å². The molecule has 3 heterocycles. The van der Waals surface area contributed by atoms with Crippen molar-refractivity contribution in [1.29, 1.82) is 0 Å². The Kier molecular flexibility index (Phi) is 4.59. The highest BCUT2D eigenvalue weighted by atomic mass is 16.7. The molecule has 6 nitrogen and oxygen atoms in total. The van der Waals surface area contributed by atoms with E-state index >= 15 is 0 Å². The first-order chi connectivity index (χ1) is 12.3. The van der Waals surface area contributed by atoms with Crippen molar-refractivity contribution < 1.29 is 14.3 Å². The highest BCUT2D eigenvalue weighted by Gasteiger charge is 2.26. The molecule has 1 amide bonds. The minimum atomic E-state index is 0.231. The van der Waals surface area contributed by atoms with Gasteiger partial charge in [0.25, 0.3) is 0 Å². The molecule has 2 aliphatic rings. The van der Waals surface area contributed by atoms with Crippen molar-refractivity contribution in [2.24, 2.45) is 0 Å². The minimum absolute atomic E-state index is 0.231. The monoisotopic (exact) mass is 341 g/mol. The van der Waals surface area contributed by atoms with E-state index in [9.17, 15) is 4.79 Å². The Labute approximate surface area is 147 Å². The zero-order valence-corrected chi connectivity index (χ0v) is 14.3. The molecule has 0 radical (unpaired) electrons. The van der Waals surface area contributed by atoms with E-state index in [0.717, 1.165) is 49.4 Å². The molecule has 6 heteroatoms. The summed E-state index contributed by atoms with van der Waals surface area (Å²) in [7, 11) is 0. The van der Waals surface area contributed by atoms with E-state index in [0.29, 0.717) is 6.42 Å². The molecule has 0 unspecified atom stereocenters. The van der Waals surface area contributed by atoms with Gasteiger partial charge in [0.15, 0.2) is 11.5 Å². The predicted molar refractivity (Wildman–Crippen MR) is 92.5 cm³/mol. The fraction of sp³-hybridized carbons (Fsp3) is 0.474. The highest BCUT2D eigenvalue weighted by Crippen LogP contribution is 2.32. The maximum absolute atomic E-state index is 12.8. The van der Waals surface area contributed by atoms with Crippen LogP contribution < -0.4 is 9.47 Å². The zero-order chi connectivity index (χ0) is 17.1. The normalized spacial score (nSPS) is 19.2. The smallest absolute Gasteiger partial charge is 0.231 e. The van der Waals surface area contributed by atoms with Gasteiger partial charge in [-0.1, -0.05) is 6.07 Å².